The summed E-state index contributed by atoms with van der Waals surface area (Å²) in [5.41, 5.74) is 0.412. The molecule has 2 aromatic rings. The van der Waals surface area contributed by atoms with Gasteiger partial charge in [0.1, 0.15) is 5.82 Å². The third-order valence-electron chi connectivity index (χ3n) is 3.38. The number of fused-ring (bicyclic) bond motifs is 1. The summed E-state index contributed by atoms with van der Waals surface area (Å²) in [5.74, 6) is 1.72. The third kappa shape index (κ3) is 4.20. The molecule has 7 nitrogen and oxygen atoms in total. The second kappa shape index (κ2) is 7.92. The number of carbonyl (C=O) groups is 2. The molecule has 0 atom stereocenters. The Morgan fingerprint density at radius 1 is 1.38 bits per heavy atom. The molecule has 2 rings (SSSR count). The van der Waals surface area contributed by atoms with Crippen LogP contribution in [0.25, 0.3) is 10.9 Å². The van der Waals surface area contributed by atoms with Gasteiger partial charge in [0.25, 0.3) is 11.5 Å². The molecule has 0 radical (unpaired) electrons. The Bertz CT molecular complexity index is 864. The van der Waals surface area contributed by atoms with Gasteiger partial charge >= 0.3 is 5.97 Å². The molecule has 0 unspecified atom stereocenters. The Kier molecular flexibility index (Phi) is 5.68. The molecule has 7 heteroatoms. The van der Waals surface area contributed by atoms with Crippen molar-refractivity contribution in [3.05, 3.63) is 40.4 Å². The van der Waals surface area contributed by atoms with Crippen molar-refractivity contribution in [1.29, 1.82) is 0 Å². The molecule has 1 heterocycles. The Morgan fingerprint density at radius 3 is 2.88 bits per heavy atom. The number of hydrogen-bond acceptors (Lipinski definition) is 5. The van der Waals surface area contributed by atoms with Crippen molar-refractivity contribution < 1.29 is 14.3 Å². The third-order valence-corrected chi connectivity index (χ3v) is 3.38. The molecule has 1 aromatic heterocycles. The van der Waals surface area contributed by atoms with E-state index in [0.29, 0.717) is 16.7 Å². The van der Waals surface area contributed by atoms with Crippen LogP contribution in [0.4, 0.5) is 0 Å². The van der Waals surface area contributed by atoms with E-state index in [2.05, 4.69) is 16.2 Å². The molecule has 124 valence electrons. The number of aromatic nitrogens is 2. The molecule has 0 aliphatic heterocycles. The zero-order chi connectivity index (χ0) is 17.5. The molecule has 1 aromatic carbocycles. The summed E-state index contributed by atoms with van der Waals surface area (Å²) in [7, 11) is 1.61. The molecule has 0 spiro atoms. The molecular formula is C17H17N3O4. The van der Waals surface area contributed by atoms with Crippen LogP contribution in [0, 0.1) is 12.3 Å². The highest BCUT2D eigenvalue weighted by Gasteiger charge is 2.11. The number of amides is 1. The molecule has 0 aliphatic carbocycles. The highest BCUT2D eigenvalue weighted by molar-refractivity contribution is 5.80. The van der Waals surface area contributed by atoms with Crippen LogP contribution in [-0.4, -0.2) is 34.6 Å². The lowest BCUT2D eigenvalue weighted by Crippen LogP contribution is -2.29. The van der Waals surface area contributed by atoms with Gasteiger partial charge in [0.15, 0.2) is 6.61 Å². The van der Waals surface area contributed by atoms with Crippen molar-refractivity contribution in [2.75, 3.05) is 13.2 Å². The van der Waals surface area contributed by atoms with E-state index < -0.39 is 11.9 Å². The van der Waals surface area contributed by atoms with Crippen LogP contribution in [0.3, 0.4) is 0 Å². The van der Waals surface area contributed by atoms with E-state index in [-0.39, 0.29) is 31.6 Å². The average Bonchev–Trinajstić information content (AvgIpc) is 2.60. The summed E-state index contributed by atoms with van der Waals surface area (Å²) in [5, 5.41) is 2.91. The van der Waals surface area contributed by atoms with Gasteiger partial charge in [-0.1, -0.05) is 18.1 Å². The average molecular weight is 327 g/mol. The Hall–Kier alpha value is -3.14. The highest BCUT2D eigenvalue weighted by atomic mass is 16.5. The van der Waals surface area contributed by atoms with Gasteiger partial charge < -0.3 is 10.1 Å². The quantitative estimate of drug-likeness (QED) is 0.603. The van der Waals surface area contributed by atoms with Crippen molar-refractivity contribution in [1.82, 2.24) is 14.9 Å². The fraction of sp³-hybridized carbons (Fsp3) is 0.294. The number of para-hydroxylation sites is 1. The van der Waals surface area contributed by atoms with E-state index in [1.54, 1.807) is 31.3 Å². The van der Waals surface area contributed by atoms with E-state index in [4.69, 9.17) is 11.2 Å². The smallest absolute Gasteiger partial charge is 0.306 e. The van der Waals surface area contributed by atoms with Gasteiger partial charge in [-0.2, -0.15) is 0 Å². The second-order valence-electron chi connectivity index (χ2n) is 5.05. The van der Waals surface area contributed by atoms with Gasteiger partial charge in [-0.15, -0.1) is 6.42 Å². The second-order valence-corrected chi connectivity index (χ2v) is 5.05. The summed E-state index contributed by atoms with van der Waals surface area (Å²) in [4.78, 5) is 39.6. The molecular weight excluding hydrogens is 310 g/mol. The number of ether oxygens (including phenoxy) is 1. The van der Waals surface area contributed by atoms with Crippen LogP contribution < -0.4 is 10.9 Å². The van der Waals surface area contributed by atoms with Crippen molar-refractivity contribution >= 4 is 22.8 Å². The fourth-order valence-electron chi connectivity index (χ4n) is 2.12. The standard InChI is InChI=1S/C17H17N3O4/c1-3-10-18-15(21)11-24-16(22)9-8-14-19-13-7-5-4-6-12(13)17(23)20(14)2/h1,4-7H,8-11H2,2H3,(H,18,21). The molecule has 0 saturated carbocycles. The maximum absolute atomic E-state index is 12.2. The van der Waals surface area contributed by atoms with E-state index in [1.165, 1.54) is 4.57 Å². The molecule has 0 bridgehead atoms. The van der Waals surface area contributed by atoms with Gasteiger partial charge in [-0.05, 0) is 12.1 Å². The van der Waals surface area contributed by atoms with Crippen LogP contribution in [0.1, 0.15) is 12.2 Å². The van der Waals surface area contributed by atoms with E-state index in [1.807, 2.05) is 0 Å². The van der Waals surface area contributed by atoms with Crippen molar-refractivity contribution in [3.63, 3.8) is 0 Å². The lowest BCUT2D eigenvalue weighted by atomic mass is 10.2. The number of hydrogen-bond donors (Lipinski definition) is 1. The summed E-state index contributed by atoms with van der Waals surface area (Å²) in [6.07, 6.45) is 5.26. The van der Waals surface area contributed by atoms with Gasteiger partial charge in [-0.25, -0.2) is 4.98 Å². The van der Waals surface area contributed by atoms with Gasteiger partial charge in [0.2, 0.25) is 0 Å². The van der Waals surface area contributed by atoms with Gasteiger partial charge in [0, 0.05) is 13.5 Å². The van der Waals surface area contributed by atoms with Crippen LogP contribution in [-0.2, 0) is 27.8 Å². The molecule has 1 N–H and O–H groups in total. The number of aryl methyl sites for hydroxylation is 1. The predicted octanol–water partition coefficient (Wildman–Crippen LogP) is 0.159. The van der Waals surface area contributed by atoms with Crippen molar-refractivity contribution in [2.24, 2.45) is 7.05 Å². The van der Waals surface area contributed by atoms with Crippen LogP contribution in [0.5, 0.6) is 0 Å². The van der Waals surface area contributed by atoms with Crippen LogP contribution >= 0.6 is 0 Å². The first kappa shape index (κ1) is 17.2. The zero-order valence-corrected chi connectivity index (χ0v) is 13.2. The minimum atomic E-state index is -0.548. The number of terminal acetylenes is 1. The van der Waals surface area contributed by atoms with Crippen molar-refractivity contribution in [3.8, 4) is 12.3 Å². The van der Waals surface area contributed by atoms with Gasteiger partial charge in [-0.3, -0.25) is 19.0 Å². The largest absolute Gasteiger partial charge is 0.456 e. The highest BCUT2D eigenvalue weighted by Crippen LogP contribution is 2.08. The number of benzene rings is 1. The summed E-state index contributed by atoms with van der Waals surface area (Å²) >= 11 is 0. The normalized spacial score (nSPS) is 10.2. The minimum Gasteiger partial charge on any atom is -0.456 e. The first-order valence-corrected chi connectivity index (χ1v) is 7.33. The summed E-state index contributed by atoms with van der Waals surface area (Å²) in [6, 6.07) is 7.02. The molecule has 0 aliphatic rings. The number of esters is 1. The van der Waals surface area contributed by atoms with Gasteiger partial charge in [0.05, 0.1) is 23.9 Å². The lowest BCUT2D eigenvalue weighted by Gasteiger charge is -2.09. The minimum absolute atomic E-state index is 0.0149. The van der Waals surface area contributed by atoms with Crippen molar-refractivity contribution in [2.45, 2.75) is 12.8 Å². The predicted molar refractivity (Wildman–Crippen MR) is 88.1 cm³/mol. The topological polar surface area (TPSA) is 90.3 Å². The maximum Gasteiger partial charge on any atom is 0.306 e. The fourth-order valence-corrected chi connectivity index (χ4v) is 2.12. The van der Waals surface area contributed by atoms with E-state index in [0.717, 1.165) is 0 Å². The maximum atomic E-state index is 12.2. The number of carbonyl (C=O) groups excluding carboxylic acids is 2. The Morgan fingerprint density at radius 2 is 2.12 bits per heavy atom. The molecule has 1 amide bonds. The Balaban J connectivity index is 1.97. The lowest BCUT2D eigenvalue weighted by molar-refractivity contribution is -0.148. The first-order chi connectivity index (χ1) is 11.5. The number of nitrogens with zero attached hydrogens (tertiary/aromatic N) is 2. The van der Waals surface area contributed by atoms with Crippen LogP contribution in [0.15, 0.2) is 29.1 Å². The molecule has 0 saturated heterocycles. The molecule has 0 fully saturated rings. The van der Waals surface area contributed by atoms with E-state index >= 15 is 0 Å². The number of rotatable bonds is 6. The Labute approximate surface area is 138 Å². The van der Waals surface area contributed by atoms with E-state index in [9.17, 15) is 14.4 Å². The monoisotopic (exact) mass is 327 g/mol. The summed E-state index contributed by atoms with van der Waals surface area (Å²) in [6.45, 7) is -0.301. The number of nitrogens with one attached hydrogen (secondary N) is 1. The molecule has 24 heavy (non-hydrogen) atoms. The SMILES string of the molecule is C#CCNC(=O)COC(=O)CCc1nc2ccccc2c(=O)n1C. The van der Waals surface area contributed by atoms with Crippen LogP contribution in [0.2, 0.25) is 0 Å². The zero-order valence-electron chi connectivity index (χ0n) is 13.2. The summed E-state index contributed by atoms with van der Waals surface area (Å²) < 4.78 is 6.26. The first-order valence-electron chi connectivity index (χ1n) is 7.33.